The van der Waals surface area contributed by atoms with Crippen molar-refractivity contribution in [2.45, 2.75) is 45.8 Å². The number of aliphatic carboxylic acids is 1. The third-order valence-corrected chi connectivity index (χ3v) is 3.38. The predicted octanol–water partition coefficient (Wildman–Crippen LogP) is 2.83. The Kier molecular flexibility index (Phi) is 5.13. The largest absolute Gasteiger partial charge is 0.491 e. The number of ether oxygens (including phenoxy) is 2. The summed E-state index contributed by atoms with van der Waals surface area (Å²) in [5.41, 5.74) is 1.24. The summed E-state index contributed by atoms with van der Waals surface area (Å²) >= 11 is 0. The van der Waals surface area contributed by atoms with Crippen LogP contribution in [0.3, 0.4) is 0 Å². The van der Waals surface area contributed by atoms with E-state index in [0.717, 1.165) is 16.9 Å². The minimum atomic E-state index is -0.827. The summed E-state index contributed by atoms with van der Waals surface area (Å²) in [6, 6.07) is 5.61. The van der Waals surface area contributed by atoms with E-state index in [2.05, 4.69) is 0 Å². The van der Waals surface area contributed by atoms with Gasteiger partial charge in [0, 0.05) is 12.0 Å². The van der Waals surface area contributed by atoms with E-state index in [9.17, 15) is 9.59 Å². The van der Waals surface area contributed by atoms with Gasteiger partial charge in [-0.05, 0) is 38.8 Å². The van der Waals surface area contributed by atoms with Gasteiger partial charge in [0.05, 0.1) is 13.1 Å². The molecule has 0 bridgehead atoms. The zero-order valence-corrected chi connectivity index (χ0v) is 13.8. The molecule has 0 spiro atoms. The standard InChI is InChI=1S/C17H23NO5/c1-17(2,3)23-16(21)18-8-9-22-14-6-4-12(5-7-15(19)20)10-13(14)11-18/h4,6,10H,5,7-9,11H2,1-3H3,(H,19,20). The van der Waals surface area contributed by atoms with Gasteiger partial charge in [0.2, 0.25) is 0 Å². The van der Waals surface area contributed by atoms with Gasteiger partial charge in [-0.25, -0.2) is 4.79 Å². The van der Waals surface area contributed by atoms with E-state index in [-0.39, 0.29) is 12.5 Å². The highest BCUT2D eigenvalue weighted by molar-refractivity contribution is 5.68. The minimum Gasteiger partial charge on any atom is -0.491 e. The molecule has 1 aliphatic heterocycles. The van der Waals surface area contributed by atoms with Gasteiger partial charge in [-0.2, -0.15) is 0 Å². The number of nitrogens with zero attached hydrogens (tertiary/aromatic N) is 1. The van der Waals surface area contributed by atoms with Crippen molar-refractivity contribution in [1.29, 1.82) is 0 Å². The van der Waals surface area contributed by atoms with Gasteiger partial charge in [0.15, 0.2) is 0 Å². The molecule has 6 nitrogen and oxygen atoms in total. The summed E-state index contributed by atoms with van der Waals surface area (Å²) < 4.78 is 11.1. The Morgan fingerprint density at radius 1 is 1.35 bits per heavy atom. The number of rotatable bonds is 3. The number of hydrogen-bond acceptors (Lipinski definition) is 4. The second-order valence-electron chi connectivity index (χ2n) is 6.59. The van der Waals surface area contributed by atoms with Crippen LogP contribution in [0.5, 0.6) is 5.75 Å². The van der Waals surface area contributed by atoms with Gasteiger partial charge in [-0.15, -0.1) is 0 Å². The summed E-state index contributed by atoms with van der Waals surface area (Å²) in [5.74, 6) is -0.0956. The molecular weight excluding hydrogens is 298 g/mol. The number of amides is 1. The molecule has 1 amide bonds. The van der Waals surface area contributed by atoms with Crippen LogP contribution in [0.25, 0.3) is 0 Å². The molecule has 0 saturated carbocycles. The fraction of sp³-hybridized carbons (Fsp3) is 0.529. The fourth-order valence-electron chi connectivity index (χ4n) is 2.34. The monoisotopic (exact) mass is 321 g/mol. The van der Waals surface area contributed by atoms with Crippen LogP contribution in [0, 0.1) is 0 Å². The van der Waals surface area contributed by atoms with Crippen molar-refractivity contribution in [1.82, 2.24) is 4.90 Å². The molecule has 0 unspecified atom stereocenters. The van der Waals surface area contributed by atoms with Crippen molar-refractivity contribution in [3.63, 3.8) is 0 Å². The minimum absolute atomic E-state index is 0.0788. The first-order chi connectivity index (χ1) is 10.7. The molecule has 1 aromatic carbocycles. The molecule has 0 aromatic heterocycles. The number of benzene rings is 1. The van der Waals surface area contributed by atoms with Crippen LogP contribution in [0.2, 0.25) is 0 Å². The van der Waals surface area contributed by atoms with Gasteiger partial charge >= 0.3 is 12.1 Å². The van der Waals surface area contributed by atoms with E-state index < -0.39 is 11.6 Å². The first-order valence-corrected chi connectivity index (χ1v) is 7.69. The van der Waals surface area contributed by atoms with E-state index in [4.69, 9.17) is 14.6 Å². The molecule has 0 aliphatic carbocycles. The zero-order chi connectivity index (χ0) is 17.0. The van der Waals surface area contributed by atoms with Crippen LogP contribution in [-0.2, 0) is 22.5 Å². The van der Waals surface area contributed by atoms with Crippen LogP contribution < -0.4 is 4.74 Å². The molecule has 1 N–H and O–H groups in total. The SMILES string of the molecule is CC(C)(C)OC(=O)N1CCOc2ccc(CCC(=O)O)cc2C1. The molecule has 1 heterocycles. The molecule has 1 aromatic rings. The Labute approximate surface area is 136 Å². The van der Waals surface area contributed by atoms with E-state index >= 15 is 0 Å². The second kappa shape index (κ2) is 6.89. The molecule has 1 aliphatic rings. The Bertz CT molecular complexity index is 591. The maximum atomic E-state index is 12.2. The van der Waals surface area contributed by atoms with Crippen molar-refractivity contribution in [2.24, 2.45) is 0 Å². The fourth-order valence-corrected chi connectivity index (χ4v) is 2.34. The maximum Gasteiger partial charge on any atom is 0.410 e. The van der Waals surface area contributed by atoms with Gasteiger partial charge in [-0.3, -0.25) is 4.79 Å². The van der Waals surface area contributed by atoms with Crippen molar-refractivity contribution in [2.75, 3.05) is 13.2 Å². The Balaban J connectivity index is 2.12. The summed E-state index contributed by atoms with van der Waals surface area (Å²) in [5, 5.41) is 8.79. The van der Waals surface area contributed by atoms with Gasteiger partial charge in [-0.1, -0.05) is 12.1 Å². The molecule has 23 heavy (non-hydrogen) atoms. The van der Waals surface area contributed by atoms with E-state index in [0.29, 0.717) is 26.1 Å². The number of aryl methyl sites for hydroxylation is 1. The number of carboxylic acid groups (broad SMARTS) is 1. The first kappa shape index (κ1) is 17.1. The lowest BCUT2D eigenvalue weighted by molar-refractivity contribution is -0.136. The average molecular weight is 321 g/mol. The summed E-state index contributed by atoms with van der Waals surface area (Å²) in [6.45, 7) is 6.74. The third-order valence-electron chi connectivity index (χ3n) is 3.38. The molecule has 0 atom stereocenters. The van der Waals surface area contributed by atoms with Crippen LogP contribution in [0.4, 0.5) is 4.79 Å². The van der Waals surface area contributed by atoms with Gasteiger partial charge in [0.25, 0.3) is 0 Å². The van der Waals surface area contributed by atoms with Crippen LogP contribution >= 0.6 is 0 Å². The lowest BCUT2D eigenvalue weighted by Crippen LogP contribution is -2.37. The van der Waals surface area contributed by atoms with Crippen molar-refractivity contribution < 1.29 is 24.2 Å². The topological polar surface area (TPSA) is 76.1 Å². The third kappa shape index (κ3) is 5.16. The van der Waals surface area contributed by atoms with Gasteiger partial charge < -0.3 is 19.5 Å². The van der Waals surface area contributed by atoms with Crippen molar-refractivity contribution in [3.8, 4) is 5.75 Å². The van der Waals surface area contributed by atoms with Crippen molar-refractivity contribution in [3.05, 3.63) is 29.3 Å². The number of fused-ring (bicyclic) bond motifs is 1. The van der Waals surface area contributed by atoms with E-state index in [1.165, 1.54) is 0 Å². The zero-order valence-electron chi connectivity index (χ0n) is 13.8. The highest BCUT2D eigenvalue weighted by Gasteiger charge is 2.25. The predicted molar refractivity (Wildman–Crippen MR) is 84.5 cm³/mol. The van der Waals surface area contributed by atoms with Crippen LogP contribution in [0.1, 0.15) is 38.3 Å². The first-order valence-electron chi connectivity index (χ1n) is 7.69. The highest BCUT2D eigenvalue weighted by Crippen LogP contribution is 2.26. The summed E-state index contributed by atoms with van der Waals surface area (Å²) in [4.78, 5) is 24.6. The lowest BCUT2D eigenvalue weighted by atomic mass is 10.1. The number of carbonyl (C=O) groups excluding carboxylic acids is 1. The average Bonchev–Trinajstić information content (AvgIpc) is 2.64. The Hall–Kier alpha value is -2.24. The maximum absolute atomic E-state index is 12.2. The Morgan fingerprint density at radius 3 is 2.74 bits per heavy atom. The molecule has 6 heteroatoms. The molecular formula is C17H23NO5. The normalized spacial score (nSPS) is 14.5. The van der Waals surface area contributed by atoms with Crippen molar-refractivity contribution >= 4 is 12.1 Å². The molecule has 126 valence electrons. The number of carbonyl (C=O) groups is 2. The van der Waals surface area contributed by atoms with E-state index in [1.54, 1.807) is 4.90 Å². The van der Waals surface area contributed by atoms with Crippen LogP contribution in [-0.4, -0.2) is 40.8 Å². The van der Waals surface area contributed by atoms with E-state index in [1.807, 2.05) is 39.0 Å². The number of carboxylic acids is 1. The second-order valence-corrected chi connectivity index (χ2v) is 6.59. The number of hydrogen-bond donors (Lipinski definition) is 1. The molecule has 2 rings (SSSR count). The van der Waals surface area contributed by atoms with Gasteiger partial charge in [0.1, 0.15) is 18.0 Å². The highest BCUT2D eigenvalue weighted by atomic mass is 16.6. The summed E-state index contributed by atoms with van der Waals surface area (Å²) in [6.07, 6.45) is 0.162. The molecule has 0 fully saturated rings. The Morgan fingerprint density at radius 2 is 2.09 bits per heavy atom. The quantitative estimate of drug-likeness (QED) is 0.926. The van der Waals surface area contributed by atoms with Crippen LogP contribution in [0.15, 0.2) is 18.2 Å². The summed E-state index contributed by atoms with van der Waals surface area (Å²) in [7, 11) is 0. The molecule has 0 saturated heterocycles. The lowest BCUT2D eigenvalue weighted by Gasteiger charge is -2.26. The molecule has 0 radical (unpaired) electrons. The smallest absolute Gasteiger partial charge is 0.410 e.